The summed E-state index contributed by atoms with van der Waals surface area (Å²) < 4.78 is 18.5. The van der Waals surface area contributed by atoms with E-state index in [1.54, 1.807) is 12.1 Å². The first kappa shape index (κ1) is 16.8. The molecule has 0 bridgehead atoms. The molecule has 0 atom stereocenters. The van der Waals surface area contributed by atoms with Crippen LogP contribution in [0.3, 0.4) is 0 Å². The highest BCUT2D eigenvalue weighted by atomic mass is 32.2. The van der Waals surface area contributed by atoms with Crippen molar-refractivity contribution in [3.63, 3.8) is 0 Å². The highest BCUT2D eigenvalue weighted by molar-refractivity contribution is 7.99. The van der Waals surface area contributed by atoms with Crippen molar-refractivity contribution in [2.75, 3.05) is 17.2 Å². The molecule has 2 heterocycles. The van der Waals surface area contributed by atoms with Gasteiger partial charge in [-0.05, 0) is 30.2 Å². The standard InChI is InChI=1S/C19H16FN3O2S/c20-15-6-3-5-14(10-15)19-21-17(25-22-19)11-26-12-18(24)23-9-8-13-4-1-2-7-16(13)23/h1-7,10H,8-9,11-12H2. The minimum Gasteiger partial charge on any atom is -0.338 e. The van der Waals surface area contributed by atoms with Gasteiger partial charge in [-0.25, -0.2) is 4.39 Å². The quantitative estimate of drug-likeness (QED) is 0.686. The van der Waals surface area contributed by atoms with Gasteiger partial charge in [0.05, 0.1) is 11.5 Å². The fraction of sp³-hybridized carbons (Fsp3) is 0.211. The van der Waals surface area contributed by atoms with Crippen molar-refractivity contribution in [2.45, 2.75) is 12.2 Å². The van der Waals surface area contributed by atoms with E-state index in [0.717, 1.165) is 18.7 Å². The van der Waals surface area contributed by atoms with Crippen molar-refractivity contribution in [1.29, 1.82) is 0 Å². The number of aromatic nitrogens is 2. The lowest BCUT2D eigenvalue weighted by atomic mass is 10.2. The van der Waals surface area contributed by atoms with Gasteiger partial charge in [-0.15, -0.1) is 11.8 Å². The van der Waals surface area contributed by atoms with E-state index in [9.17, 15) is 9.18 Å². The second kappa shape index (κ2) is 7.29. The molecule has 7 heteroatoms. The minimum absolute atomic E-state index is 0.0739. The number of halogens is 1. The molecule has 0 unspecified atom stereocenters. The van der Waals surface area contributed by atoms with Crippen molar-refractivity contribution in [3.05, 3.63) is 65.8 Å². The Bertz CT molecular complexity index is 944. The van der Waals surface area contributed by atoms with E-state index in [1.165, 1.54) is 29.5 Å². The van der Waals surface area contributed by atoms with Crippen LogP contribution in [0.15, 0.2) is 53.1 Å². The first-order chi connectivity index (χ1) is 12.7. The van der Waals surface area contributed by atoms with Crippen LogP contribution in [0.5, 0.6) is 0 Å². The van der Waals surface area contributed by atoms with Gasteiger partial charge in [0, 0.05) is 17.8 Å². The molecule has 4 rings (SSSR count). The zero-order chi connectivity index (χ0) is 17.9. The van der Waals surface area contributed by atoms with Gasteiger partial charge in [-0.2, -0.15) is 4.98 Å². The molecule has 1 aromatic heterocycles. The molecule has 3 aromatic rings. The number of anilines is 1. The molecule has 0 aliphatic carbocycles. The maximum Gasteiger partial charge on any atom is 0.237 e. The third-order valence-corrected chi connectivity index (χ3v) is 5.09. The summed E-state index contributed by atoms with van der Waals surface area (Å²) in [6.45, 7) is 0.725. The summed E-state index contributed by atoms with van der Waals surface area (Å²) in [6, 6.07) is 14.0. The van der Waals surface area contributed by atoms with Crippen LogP contribution in [0.2, 0.25) is 0 Å². The maximum atomic E-state index is 13.3. The normalized spacial score (nSPS) is 13.0. The molecule has 0 spiro atoms. The number of hydrogen-bond acceptors (Lipinski definition) is 5. The second-order valence-corrected chi connectivity index (χ2v) is 6.92. The van der Waals surface area contributed by atoms with Crippen LogP contribution in [0.1, 0.15) is 11.5 Å². The van der Waals surface area contributed by atoms with E-state index in [0.29, 0.717) is 28.8 Å². The zero-order valence-electron chi connectivity index (χ0n) is 13.9. The Labute approximate surface area is 154 Å². The predicted octanol–water partition coefficient (Wildman–Crippen LogP) is 3.70. The average Bonchev–Trinajstić information content (AvgIpc) is 3.29. The Morgan fingerprint density at radius 2 is 2.12 bits per heavy atom. The SMILES string of the molecule is O=C(CSCc1nc(-c2cccc(F)c2)no1)N1CCc2ccccc21. The van der Waals surface area contributed by atoms with Crippen LogP contribution >= 0.6 is 11.8 Å². The van der Waals surface area contributed by atoms with E-state index in [2.05, 4.69) is 16.2 Å². The Morgan fingerprint density at radius 3 is 3.00 bits per heavy atom. The Morgan fingerprint density at radius 1 is 1.23 bits per heavy atom. The van der Waals surface area contributed by atoms with Crippen molar-refractivity contribution >= 4 is 23.4 Å². The number of hydrogen-bond donors (Lipinski definition) is 0. The molecule has 0 saturated carbocycles. The van der Waals surface area contributed by atoms with Crippen LogP contribution in [-0.2, 0) is 17.0 Å². The Hall–Kier alpha value is -2.67. The summed E-state index contributed by atoms with van der Waals surface area (Å²) >= 11 is 1.43. The van der Waals surface area contributed by atoms with Crippen LogP contribution in [0, 0.1) is 5.82 Å². The molecule has 5 nitrogen and oxygen atoms in total. The topological polar surface area (TPSA) is 59.2 Å². The fourth-order valence-corrected chi connectivity index (χ4v) is 3.68. The third-order valence-electron chi connectivity index (χ3n) is 4.19. The maximum absolute atomic E-state index is 13.3. The van der Waals surface area contributed by atoms with Crippen molar-refractivity contribution < 1.29 is 13.7 Å². The average molecular weight is 369 g/mol. The number of thioether (sulfide) groups is 1. The predicted molar refractivity (Wildman–Crippen MR) is 98.4 cm³/mol. The van der Waals surface area contributed by atoms with Gasteiger partial charge in [0.25, 0.3) is 0 Å². The molecule has 132 valence electrons. The van der Waals surface area contributed by atoms with Crippen LogP contribution in [-0.4, -0.2) is 28.3 Å². The molecule has 0 N–H and O–H groups in total. The third kappa shape index (κ3) is 3.48. The number of carbonyl (C=O) groups is 1. The molecule has 26 heavy (non-hydrogen) atoms. The monoisotopic (exact) mass is 369 g/mol. The molecule has 1 aliphatic rings. The summed E-state index contributed by atoms with van der Waals surface area (Å²) in [5.74, 6) is 1.27. The van der Waals surface area contributed by atoms with Gasteiger partial charge >= 0.3 is 0 Å². The lowest BCUT2D eigenvalue weighted by Gasteiger charge is -2.16. The molecule has 0 radical (unpaired) electrons. The smallest absolute Gasteiger partial charge is 0.237 e. The molecule has 1 amide bonds. The summed E-state index contributed by atoms with van der Waals surface area (Å²) in [4.78, 5) is 18.5. The summed E-state index contributed by atoms with van der Waals surface area (Å²) in [5, 5.41) is 3.87. The van der Waals surface area contributed by atoms with E-state index in [4.69, 9.17) is 4.52 Å². The van der Waals surface area contributed by atoms with Gasteiger partial charge in [0.2, 0.25) is 17.6 Å². The van der Waals surface area contributed by atoms with E-state index >= 15 is 0 Å². The van der Waals surface area contributed by atoms with E-state index in [-0.39, 0.29) is 11.7 Å². The molecular formula is C19H16FN3O2S. The highest BCUT2D eigenvalue weighted by Gasteiger charge is 2.23. The summed E-state index contributed by atoms with van der Waals surface area (Å²) in [7, 11) is 0. The van der Waals surface area contributed by atoms with Gasteiger partial charge in [0.1, 0.15) is 5.82 Å². The van der Waals surface area contributed by atoms with Gasteiger partial charge in [-0.3, -0.25) is 4.79 Å². The lowest BCUT2D eigenvalue weighted by Crippen LogP contribution is -2.30. The summed E-state index contributed by atoms with van der Waals surface area (Å²) in [6.07, 6.45) is 0.896. The number of fused-ring (bicyclic) bond motifs is 1. The molecule has 1 aliphatic heterocycles. The first-order valence-corrected chi connectivity index (χ1v) is 9.41. The second-order valence-electron chi connectivity index (χ2n) is 5.94. The van der Waals surface area contributed by atoms with Crippen molar-refractivity contribution in [2.24, 2.45) is 0 Å². The van der Waals surface area contributed by atoms with Crippen LogP contribution in [0.4, 0.5) is 10.1 Å². The lowest BCUT2D eigenvalue weighted by molar-refractivity contribution is -0.116. The first-order valence-electron chi connectivity index (χ1n) is 8.25. The van der Waals surface area contributed by atoms with Gasteiger partial charge in [0.15, 0.2) is 0 Å². The van der Waals surface area contributed by atoms with Crippen molar-refractivity contribution in [3.8, 4) is 11.4 Å². The number of carbonyl (C=O) groups excluding carboxylic acids is 1. The molecule has 2 aromatic carbocycles. The summed E-state index contributed by atoms with van der Waals surface area (Å²) in [5.41, 5.74) is 2.78. The van der Waals surface area contributed by atoms with Gasteiger partial charge in [-0.1, -0.05) is 35.5 Å². The number of nitrogens with zero attached hydrogens (tertiary/aromatic N) is 3. The number of para-hydroxylation sites is 1. The van der Waals surface area contributed by atoms with Gasteiger partial charge < -0.3 is 9.42 Å². The van der Waals surface area contributed by atoms with E-state index < -0.39 is 0 Å². The Balaban J connectivity index is 1.34. The molecule has 0 saturated heterocycles. The minimum atomic E-state index is -0.347. The molecular weight excluding hydrogens is 353 g/mol. The van der Waals surface area contributed by atoms with Crippen LogP contribution < -0.4 is 4.90 Å². The zero-order valence-corrected chi connectivity index (χ0v) is 14.7. The highest BCUT2D eigenvalue weighted by Crippen LogP contribution is 2.28. The van der Waals surface area contributed by atoms with Crippen molar-refractivity contribution in [1.82, 2.24) is 10.1 Å². The number of benzene rings is 2. The van der Waals surface area contributed by atoms with E-state index in [1.807, 2.05) is 23.1 Å². The molecule has 0 fully saturated rings. The number of amides is 1. The fourth-order valence-electron chi connectivity index (χ4n) is 2.96. The van der Waals surface area contributed by atoms with Crippen LogP contribution in [0.25, 0.3) is 11.4 Å². The Kier molecular flexibility index (Phi) is 4.71. The number of rotatable bonds is 5. The largest absolute Gasteiger partial charge is 0.338 e.